The second kappa shape index (κ2) is 9.24. The molecule has 0 atom stereocenters. The maximum Gasteiger partial charge on any atom is 0.0992 e. The van der Waals surface area contributed by atoms with Crippen molar-refractivity contribution < 1.29 is 0 Å². The zero-order chi connectivity index (χ0) is 28.2. The van der Waals surface area contributed by atoms with Gasteiger partial charge in [-0.3, -0.25) is 0 Å². The average molecular weight is 535 g/mol. The molecule has 0 spiro atoms. The van der Waals surface area contributed by atoms with Crippen LogP contribution in [0.25, 0.3) is 66.1 Å². The predicted octanol–water partition coefficient (Wildman–Crippen LogP) is 9.29. The van der Waals surface area contributed by atoms with Gasteiger partial charge >= 0.3 is 0 Å². The van der Waals surface area contributed by atoms with Gasteiger partial charge in [-0.25, -0.2) is 0 Å². The molecule has 0 fully saturated rings. The van der Waals surface area contributed by atoms with Crippen molar-refractivity contribution in [1.29, 1.82) is 10.5 Å². The molecule has 0 bridgehead atoms. The molecule has 8 aromatic rings. The summed E-state index contributed by atoms with van der Waals surface area (Å²) in [4.78, 5) is 0. The first-order chi connectivity index (χ1) is 20.7. The third-order valence-corrected chi connectivity index (χ3v) is 8.14. The molecule has 2 aromatic heterocycles. The van der Waals surface area contributed by atoms with E-state index in [-0.39, 0.29) is 0 Å². The maximum absolute atomic E-state index is 10.2. The number of nitrogens with zero attached hydrogens (tertiary/aromatic N) is 4. The highest BCUT2D eigenvalue weighted by Crippen LogP contribution is 2.38. The molecule has 0 amide bonds. The number of hydrogen-bond acceptors (Lipinski definition) is 2. The molecule has 6 aromatic carbocycles. The zero-order valence-corrected chi connectivity index (χ0v) is 22.5. The van der Waals surface area contributed by atoms with E-state index in [0.29, 0.717) is 11.1 Å². The minimum absolute atomic E-state index is 0.597. The van der Waals surface area contributed by atoms with Gasteiger partial charge in [-0.2, -0.15) is 10.5 Å². The van der Waals surface area contributed by atoms with Crippen molar-refractivity contribution >= 4 is 43.6 Å². The van der Waals surface area contributed by atoms with Gasteiger partial charge in [0.05, 0.1) is 51.0 Å². The number of nitriles is 2. The van der Waals surface area contributed by atoms with Crippen LogP contribution in [0.5, 0.6) is 0 Å². The van der Waals surface area contributed by atoms with E-state index in [1.807, 2.05) is 54.6 Å². The zero-order valence-electron chi connectivity index (χ0n) is 22.5. The lowest BCUT2D eigenvalue weighted by Gasteiger charge is -2.16. The van der Waals surface area contributed by atoms with Crippen molar-refractivity contribution in [2.75, 3.05) is 0 Å². The molecular formula is C38H22N4. The molecule has 0 aliphatic rings. The molecular weight excluding hydrogens is 512 g/mol. The summed E-state index contributed by atoms with van der Waals surface area (Å²) in [6.07, 6.45) is 0. The molecule has 2 heterocycles. The summed E-state index contributed by atoms with van der Waals surface area (Å²) >= 11 is 0. The predicted molar refractivity (Wildman–Crippen MR) is 170 cm³/mol. The number of hydrogen-bond donors (Lipinski definition) is 0. The van der Waals surface area contributed by atoms with Crippen LogP contribution in [0, 0.1) is 22.7 Å². The first-order valence-electron chi connectivity index (χ1n) is 13.8. The van der Waals surface area contributed by atoms with Gasteiger partial charge in [-0.05, 0) is 66.2 Å². The maximum atomic E-state index is 10.2. The quantitative estimate of drug-likeness (QED) is 0.227. The summed E-state index contributed by atoms with van der Waals surface area (Å²) in [5.41, 5.74) is 9.46. The highest BCUT2D eigenvalue weighted by molar-refractivity contribution is 6.11. The minimum Gasteiger partial charge on any atom is -0.309 e. The van der Waals surface area contributed by atoms with Crippen molar-refractivity contribution in [3.05, 3.63) is 145 Å². The Morgan fingerprint density at radius 1 is 0.429 bits per heavy atom. The molecule has 0 N–H and O–H groups in total. The lowest BCUT2D eigenvalue weighted by molar-refractivity contribution is 1.17. The van der Waals surface area contributed by atoms with E-state index in [1.165, 1.54) is 10.8 Å². The first-order valence-corrected chi connectivity index (χ1v) is 13.8. The van der Waals surface area contributed by atoms with Crippen molar-refractivity contribution in [1.82, 2.24) is 9.13 Å². The lowest BCUT2D eigenvalue weighted by atomic mass is 10.00. The summed E-state index contributed by atoms with van der Waals surface area (Å²) < 4.78 is 4.52. The lowest BCUT2D eigenvalue weighted by Crippen LogP contribution is -1.99. The molecule has 0 saturated carbocycles. The van der Waals surface area contributed by atoms with Crippen molar-refractivity contribution in [3.63, 3.8) is 0 Å². The molecule has 0 radical (unpaired) electrons. The molecule has 0 saturated heterocycles. The Morgan fingerprint density at radius 3 is 1.64 bits per heavy atom. The Hall–Kier alpha value is -6.10. The molecule has 194 valence electrons. The molecule has 8 rings (SSSR count). The van der Waals surface area contributed by atoms with Crippen LogP contribution in [0.2, 0.25) is 0 Å². The van der Waals surface area contributed by atoms with Crippen LogP contribution in [0.15, 0.2) is 133 Å². The fraction of sp³-hybridized carbons (Fsp3) is 0. The molecule has 42 heavy (non-hydrogen) atoms. The van der Waals surface area contributed by atoms with Gasteiger partial charge in [0.25, 0.3) is 0 Å². The highest BCUT2D eigenvalue weighted by Gasteiger charge is 2.18. The van der Waals surface area contributed by atoms with Gasteiger partial charge in [-0.1, -0.05) is 72.8 Å². The fourth-order valence-corrected chi connectivity index (χ4v) is 6.38. The van der Waals surface area contributed by atoms with E-state index in [1.54, 1.807) is 0 Å². The number of fused-ring (bicyclic) bond motifs is 6. The summed E-state index contributed by atoms with van der Waals surface area (Å²) in [6, 6.07) is 50.1. The van der Waals surface area contributed by atoms with Crippen LogP contribution >= 0.6 is 0 Å². The fourth-order valence-electron chi connectivity index (χ4n) is 6.38. The Kier molecular flexibility index (Phi) is 5.22. The van der Waals surface area contributed by atoms with Crippen molar-refractivity contribution in [2.45, 2.75) is 0 Å². The summed E-state index contributed by atoms with van der Waals surface area (Å²) in [5, 5.41) is 24.2. The van der Waals surface area contributed by atoms with Crippen LogP contribution < -0.4 is 0 Å². The first kappa shape index (κ1) is 23.8. The van der Waals surface area contributed by atoms with Gasteiger partial charge in [0.2, 0.25) is 0 Å². The van der Waals surface area contributed by atoms with E-state index in [2.05, 4.69) is 100 Å². The van der Waals surface area contributed by atoms with E-state index < -0.39 is 0 Å². The number of aromatic nitrogens is 2. The van der Waals surface area contributed by atoms with E-state index >= 15 is 0 Å². The number of para-hydroxylation sites is 4. The third kappa shape index (κ3) is 3.47. The van der Waals surface area contributed by atoms with E-state index in [4.69, 9.17) is 0 Å². The number of benzene rings is 6. The molecule has 0 aliphatic heterocycles. The van der Waals surface area contributed by atoms with Crippen LogP contribution in [-0.4, -0.2) is 9.13 Å². The number of rotatable bonds is 3. The normalized spacial score (nSPS) is 11.3. The smallest absolute Gasteiger partial charge is 0.0992 e. The molecule has 0 aliphatic carbocycles. The Balaban J connectivity index is 1.42. The highest BCUT2D eigenvalue weighted by atomic mass is 15.0. The topological polar surface area (TPSA) is 57.4 Å². The van der Waals surface area contributed by atoms with E-state index in [9.17, 15) is 10.5 Å². The average Bonchev–Trinajstić information content (AvgIpc) is 3.57. The second-order valence-corrected chi connectivity index (χ2v) is 10.5. The third-order valence-electron chi connectivity index (χ3n) is 8.14. The summed E-state index contributed by atoms with van der Waals surface area (Å²) in [5.74, 6) is 0. The Bertz CT molecular complexity index is 2390. The van der Waals surface area contributed by atoms with Gasteiger partial charge in [0, 0.05) is 32.8 Å². The van der Waals surface area contributed by atoms with Gasteiger partial charge in [0.15, 0.2) is 0 Å². The van der Waals surface area contributed by atoms with Crippen LogP contribution in [-0.2, 0) is 0 Å². The summed E-state index contributed by atoms with van der Waals surface area (Å²) in [6.45, 7) is 0. The van der Waals surface area contributed by atoms with Crippen molar-refractivity contribution in [2.24, 2.45) is 0 Å². The van der Waals surface area contributed by atoms with E-state index in [0.717, 1.165) is 55.3 Å². The minimum atomic E-state index is 0.597. The molecule has 4 heteroatoms. The van der Waals surface area contributed by atoms with Crippen molar-refractivity contribution in [3.8, 4) is 34.6 Å². The van der Waals surface area contributed by atoms with Crippen LogP contribution in [0.1, 0.15) is 11.1 Å². The summed E-state index contributed by atoms with van der Waals surface area (Å²) in [7, 11) is 0. The van der Waals surface area contributed by atoms with Gasteiger partial charge in [-0.15, -0.1) is 0 Å². The standard InChI is InChI=1S/C38H22N4/c39-23-25-17-18-38-33(21-25)32-12-4-8-16-37(32)42(38)34-13-5-1-9-29(34)27-19-26(24-40)20-28(22-27)41-35-14-6-2-10-30(35)31-11-3-7-15-36(31)41/h1-22H. The SMILES string of the molecule is N#Cc1cc(-c2ccccc2-n2c3ccccc3c3cc(C#N)ccc32)cc(-n2c3ccccc3c3ccccc32)c1. The monoisotopic (exact) mass is 534 g/mol. The Labute approximate surface area is 242 Å². The Morgan fingerprint density at radius 2 is 0.976 bits per heavy atom. The van der Waals surface area contributed by atoms with Crippen LogP contribution in [0.3, 0.4) is 0 Å². The second-order valence-electron chi connectivity index (χ2n) is 10.5. The van der Waals surface area contributed by atoms with Gasteiger partial charge < -0.3 is 9.13 Å². The van der Waals surface area contributed by atoms with Crippen LogP contribution in [0.4, 0.5) is 0 Å². The van der Waals surface area contributed by atoms with Gasteiger partial charge in [0.1, 0.15) is 0 Å². The largest absolute Gasteiger partial charge is 0.309 e. The molecule has 4 nitrogen and oxygen atoms in total. The molecule has 0 unspecified atom stereocenters.